The quantitative estimate of drug-likeness (QED) is 0.810. The van der Waals surface area contributed by atoms with Crippen molar-refractivity contribution >= 4 is 0 Å². The average molecular weight is 290 g/mol. The van der Waals surface area contributed by atoms with Gasteiger partial charge in [-0.05, 0) is 38.4 Å². The molecule has 1 fully saturated rings. The van der Waals surface area contributed by atoms with Crippen molar-refractivity contribution in [3.63, 3.8) is 0 Å². The zero-order valence-corrected chi connectivity index (χ0v) is 13.7. The fourth-order valence-corrected chi connectivity index (χ4v) is 3.80. The van der Waals surface area contributed by atoms with Crippen LogP contribution in [0.1, 0.15) is 44.2 Å². The molecule has 0 amide bonds. The SMILES string of the molecule is CNC(c1ccccc1)C(C)CN(C)CC1(O)CCCC1. The van der Waals surface area contributed by atoms with E-state index in [2.05, 4.69) is 54.5 Å². The van der Waals surface area contributed by atoms with Crippen LogP contribution in [0.5, 0.6) is 0 Å². The Morgan fingerprint density at radius 3 is 2.43 bits per heavy atom. The minimum Gasteiger partial charge on any atom is -0.389 e. The maximum atomic E-state index is 10.5. The molecule has 2 rings (SSSR count). The Labute approximate surface area is 129 Å². The first-order chi connectivity index (χ1) is 10.0. The van der Waals surface area contributed by atoms with E-state index < -0.39 is 5.60 Å². The molecule has 2 N–H and O–H groups in total. The summed E-state index contributed by atoms with van der Waals surface area (Å²) in [7, 11) is 4.16. The van der Waals surface area contributed by atoms with Crippen molar-refractivity contribution in [3.8, 4) is 0 Å². The normalized spacial score (nSPS) is 20.6. The molecule has 1 aliphatic carbocycles. The van der Waals surface area contributed by atoms with Crippen LogP contribution in [0, 0.1) is 5.92 Å². The molecular weight excluding hydrogens is 260 g/mol. The molecule has 1 aromatic rings. The zero-order valence-electron chi connectivity index (χ0n) is 13.7. The molecule has 3 heteroatoms. The molecule has 1 saturated carbocycles. The van der Waals surface area contributed by atoms with Gasteiger partial charge in [0.15, 0.2) is 0 Å². The molecule has 2 unspecified atom stereocenters. The second-order valence-electron chi connectivity index (χ2n) is 6.78. The number of rotatable bonds is 7. The van der Waals surface area contributed by atoms with Crippen LogP contribution in [0.2, 0.25) is 0 Å². The lowest BCUT2D eigenvalue weighted by Crippen LogP contribution is -2.42. The number of nitrogens with zero attached hydrogens (tertiary/aromatic N) is 1. The molecule has 0 saturated heterocycles. The molecule has 1 aliphatic rings. The van der Waals surface area contributed by atoms with Gasteiger partial charge < -0.3 is 15.3 Å². The summed E-state index contributed by atoms with van der Waals surface area (Å²) in [5, 5.41) is 14.0. The second-order valence-corrected chi connectivity index (χ2v) is 6.78. The van der Waals surface area contributed by atoms with Crippen LogP contribution in [0.25, 0.3) is 0 Å². The highest BCUT2D eigenvalue weighted by Gasteiger charge is 2.32. The Balaban J connectivity index is 1.91. The van der Waals surface area contributed by atoms with Gasteiger partial charge >= 0.3 is 0 Å². The lowest BCUT2D eigenvalue weighted by molar-refractivity contribution is 0.0122. The van der Waals surface area contributed by atoms with Crippen LogP contribution < -0.4 is 5.32 Å². The molecular formula is C18H30N2O. The van der Waals surface area contributed by atoms with E-state index in [0.717, 1.165) is 25.9 Å². The first kappa shape index (κ1) is 16.5. The van der Waals surface area contributed by atoms with Crippen LogP contribution in [0.15, 0.2) is 30.3 Å². The predicted molar refractivity (Wildman–Crippen MR) is 88.3 cm³/mol. The summed E-state index contributed by atoms with van der Waals surface area (Å²) in [6.07, 6.45) is 4.26. The minimum atomic E-state index is -0.448. The maximum Gasteiger partial charge on any atom is 0.0774 e. The summed E-state index contributed by atoms with van der Waals surface area (Å²) in [5.74, 6) is 0.493. The highest BCUT2D eigenvalue weighted by atomic mass is 16.3. The third-order valence-corrected chi connectivity index (χ3v) is 4.74. The van der Waals surface area contributed by atoms with Gasteiger partial charge in [0.25, 0.3) is 0 Å². The van der Waals surface area contributed by atoms with Crippen molar-refractivity contribution in [1.29, 1.82) is 0 Å². The Hall–Kier alpha value is -0.900. The number of nitrogens with one attached hydrogen (secondary N) is 1. The Bertz CT molecular complexity index is 414. The molecule has 1 aromatic carbocycles. The third kappa shape index (κ3) is 4.53. The number of benzene rings is 1. The van der Waals surface area contributed by atoms with E-state index in [9.17, 15) is 5.11 Å². The summed E-state index contributed by atoms with van der Waals surface area (Å²) in [6.45, 7) is 4.06. The standard InChI is InChI=1S/C18H30N2O/c1-15(17(19-2)16-9-5-4-6-10-16)13-20(3)14-18(21)11-7-8-12-18/h4-6,9-10,15,17,19,21H,7-8,11-14H2,1-3H3. The van der Waals surface area contributed by atoms with Gasteiger partial charge in [-0.25, -0.2) is 0 Å². The van der Waals surface area contributed by atoms with E-state index >= 15 is 0 Å². The van der Waals surface area contributed by atoms with Gasteiger partial charge in [0, 0.05) is 19.1 Å². The van der Waals surface area contributed by atoms with Gasteiger partial charge in [-0.3, -0.25) is 0 Å². The smallest absolute Gasteiger partial charge is 0.0774 e. The highest BCUT2D eigenvalue weighted by molar-refractivity contribution is 5.19. The molecule has 0 spiro atoms. The summed E-state index contributed by atoms with van der Waals surface area (Å²) in [5.41, 5.74) is 0.886. The Kier molecular flexibility index (Phi) is 5.80. The molecule has 2 atom stereocenters. The van der Waals surface area contributed by atoms with Gasteiger partial charge in [0.1, 0.15) is 0 Å². The van der Waals surface area contributed by atoms with Crippen LogP contribution in [0.4, 0.5) is 0 Å². The fourth-order valence-electron chi connectivity index (χ4n) is 3.80. The van der Waals surface area contributed by atoms with Gasteiger partial charge in [-0.1, -0.05) is 50.1 Å². The van der Waals surface area contributed by atoms with Crippen LogP contribution in [-0.2, 0) is 0 Å². The topological polar surface area (TPSA) is 35.5 Å². The van der Waals surface area contributed by atoms with Crippen molar-refractivity contribution in [1.82, 2.24) is 10.2 Å². The minimum absolute atomic E-state index is 0.354. The summed E-state index contributed by atoms with van der Waals surface area (Å²) < 4.78 is 0. The largest absolute Gasteiger partial charge is 0.389 e. The lowest BCUT2D eigenvalue weighted by Gasteiger charge is -2.33. The molecule has 0 aromatic heterocycles. The van der Waals surface area contributed by atoms with Crippen molar-refractivity contribution in [2.45, 2.75) is 44.2 Å². The van der Waals surface area contributed by atoms with Crippen molar-refractivity contribution in [2.24, 2.45) is 5.92 Å². The van der Waals surface area contributed by atoms with Gasteiger partial charge in [-0.15, -0.1) is 0 Å². The van der Waals surface area contributed by atoms with Crippen LogP contribution >= 0.6 is 0 Å². The fraction of sp³-hybridized carbons (Fsp3) is 0.667. The summed E-state index contributed by atoms with van der Waals surface area (Å²) in [6, 6.07) is 11.0. The maximum absolute atomic E-state index is 10.5. The van der Waals surface area contributed by atoms with E-state index in [1.807, 2.05) is 7.05 Å². The first-order valence-electron chi connectivity index (χ1n) is 8.17. The number of likely N-dealkylation sites (N-methyl/N-ethyl adjacent to an activating group) is 1. The van der Waals surface area contributed by atoms with Crippen molar-refractivity contribution < 1.29 is 5.11 Å². The summed E-state index contributed by atoms with van der Waals surface area (Å²) in [4.78, 5) is 2.29. The first-order valence-corrected chi connectivity index (χ1v) is 8.17. The number of hydrogen-bond donors (Lipinski definition) is 2. The van der Waals surface area contributed by atoms with E-state index in [4.69, 9.17) is 0 Å². The highest BCUT2D eigenvalue weighted by Crippen LogP contribution is 2.30. The van der Waals surface area contributed by atoms with Crippen molar-refractivity contribution in [3.05, 3.63) is 35.9 Å². The van der Waals surface area contributed by atoms with E-state index in [0.29, 0.717) is 12.0 Å². The number of aliphatic hydroxyl groups is 1. The lowest BCUT2D eigenvalue weighted by atomic mass is 9.93. The van der Waals surface area contributed by atoms with Gasteiger partial charge in [0.2, 0.25) is 0 Å². The predicted octanol–water partition coefficient (Wildman–Crippen LogP) is 2.82. The molecule has 0 aliphatic heterocycles. The molecule has 3 nitrogen and oxygen atoms in total. The van der Waals surface area contributed by atoms with Crippen LogP contribution in [-0.4, -0.2) is 42.8 Å². The molecule has 0 bridgehead atoms. The molecule has 21 heavy (non-hydrogen) atoms. The molecule has 0 radical (unpaired) electrons. The van der Waals surface area contributed by atoms with Gasteiger partial charge in [0.05, 0.1) is 5.60 Å². The Morgan fingerprint density at radius 1 is 1.24 bits per heavy atom. The monoisotopic (exact) mass is 290 g/mol. The van der Waals surface area contributed by atoms with E-state index in [1.54, 1.807) is 0 Å². The van der Waals surface area contributed by atoms with E-state index in [-0.39, 0.29) is 0 Å². The molecule has 118 valence electrons. The second kappa shape index (κ2) is 7.39. The molecule has 0 heterocycles. The zero-order chi connectivity index (χ0) is 15.3. The number of hydrogen-bond acceptors (Lipinski definition) is 3. The van der Waals surface area contributed by atoms with E-state index in [1.165, 1.54) is 18.4 Å². The van der Waals surface area contributed by atoms with Crippen LogP contribution in [0.3, 0.4) is 0 Å². The average Bonchev–Trinajstić information content (AvgIpc) is 2.86. The van der Waals surface area contributed by atoms with Crippen molar-refractivity contribution in [2.75, 3.05) is 27.2 Å². The summed E-state index contributed by atoms with van der Waals surface area (Å²) >= 11 is 0. The Morgan fingerprint density at radius 2 is 1.86 bits per heavy atom. The third-order valence-electron chi connectivity index (χ3n) is 4.74. The van der Waals surface area contributed by atoms with Gasteiger partial charge in [-0.2, -0.15) is 0 Å².